The second kappa shape index (κ2) is 9.25. The number of aliphatic hydroxyl groups is 1. The van der Waals surface area contributed by atoms with Crippen molar-refractivity contribution in [2.45, 2.75) is 62.9 Å². The summed E-state index contributed by atoms with van der Waals surface area (Å²) < 4.78 is 52.9. The number of benzene rings is 2. The van der Waals surface area contributed by atoms with E-state index in [-0.39, 0.29) is 18.0 Å². The first kappa shape index (κ1) is 24.0. The molecule has 4 rings (SSSR count). The first-order valence-electron chi connectivity index (χ1n) is 11.1. The monoisotopic (exact) mass is 478 g/mol. The fourth-order valence-corrected chi connectivity index (χ4v) is 4.27. The van der Waals surface area contributed by atoms with Gasteiger partial charge in [-0.15, -0.1) is 0 Å². The van der Waals surface area contributed by atoms with Gasteiger partial charge in [-0.2, -0.15) is 13.2 Å². The van der Waals surface area contributed by atoms with Crippen molar-refractivity contribution in [3.05, 3.63) is 65.2 Å². The molecule has 1 aliphatic rings. The van der Waals surface area contributed by atoms with Gasteiger partial charge in [-0.05, 0) is 62.4 Å². The summed E-state index contributed by atoms with van der Waals surface area (Å²) in [5.41, 5.74) is -0.394. The van der Waals surface area contributed by atoms with Crippen molar-refractivity contribution in [3.8, 4) is 0 Å². The van der Waals surface area contributed by atoms with Crippen molar-refractivity contribution in [1.29, 1.82) is 0 Å². The molecule has 1 aromatic heterocycles. The molecule has 0 bridgehead atoms. The number of aromatic amines is 1. The standard InChI is InChI=1S/C24H26F4N4O2/c1-23(34)10-8-15(9-11-23)29-22(33)32-20(21-30-18-4-2-3-5-19(18)31-21)13-14-6-7-16(17(25)12-14)24(26,27)28/h2-7,12,15,20,34H,8-11,13H2,1H3,(H,30,31)(H2,29,32,33)/t15-,20?,23-. The molecule has 6 nitrogen and oxygen atoms in total. The van der Waals surface area contributed by atoms with Gasteiger partial charge in [0.2, 0.25) is 0 Å². The number of para-hydroxylation sites is 2. The minimum absolute atomic E-state index is 0.0294. The topological polar surface area (TPSA) is 90.0 Å². The Morgan fingerprint density at radius 2 is 1.94 bits per heavy atom. The van der Waals surface area contributed by atoms with E-state index < -0.39 is 35.2 Å². The smallest absolute Gasteiger partial charge is 0.390 e. The SMILES string of the molecule is C[C@]1(O)CC[C@H](NC(=O)NC(Cc2ccc(C(F)(F)F)c(F)c2)c2nc3ccccc3[nH]2)CC1. The van der Waals surface area contributed by atoms with E-state index in [2.05, 4.69) is 20.6 Å². The third kappa shape index (κ3) is 5.67. The highest BCUT2D eigenvalue weighted by atomic mass is 19.4. The molecule has 0 saturated heterocycles. The quantitative estimate of drug-likeness (QED) is 0.389. The van der Waals surface area contributed by atoms with Crippen LogP contribution in [0.4, 0.5) is 22.4 Å². The Morgan fingerprint density at radius 3 is 2.59 bits per heavy atom. The van der Waals surface area contributed by atoms with Crippen LogP contribution in [-0.2, 0) is 12.6 Å². The lowest BCUT2D eigenvalue weighted by Gasteiger charge is -2.33. The second-order valence-corrected chi connectivity index (χ2v) is 9.10. The highest BCUT2D eigenvalue weighted by Crippen LogP contribution is 2.32. The molecule has 0 aliphatic heterocycles. The number of fused-ring (bicyclic) bond motifs is 1. The van der Waals surface area contributed by atoms with Crippen LogP contribution in [0.15, 0.2) is 42.5 Å². The predicted molar refractivity (Wildman–Crippen MR) is 118 cm³/mol. The average Bonchev–Trinajstić information content (AvgIpc) is 3.18. The average molecular weight is 478 g/mol. The number of H-pyrrole nitrogens is 1. The summed E-state index contributed by atoms with van der Waals surface area (Å²) in [5, 5.41) is 15.8. The summed E-state index contributed by atoms with van der Waals surface area (Å²) in [7, 11) is 0. The molecule has 2 aromatic carbocycles. The lowest BCUT2D eigenvalue weighted by molar-refractivity contribution is -0.140. The third-order valence-electron chi connectivity index (χ3n) is 6.22. The first-order chi connectivity index (χ1) is 16.0. The summed E-state index contributed by atoms with van der Waals surface area (Å²) in [5.74, 6) is -0.963. The molecular formula is C24H26F4N4O2. The van der Waals surface area contributed by atoms with Crippen LogP contribution >= 0.6 is 0 Å². The maximum Gasteiger partial charge on any atom is 0.419 e. The molecule has 10 heteroatoms. The van der Waals surface area contributed by atoms with Crippen LogP contribution in [-0.4, -0.2) is 32.7 Å². The van der Waals surface area contributed by atoms with Crippen molar-refractivity contribution in [1.82, 2.24) is 20.6 Å². The van der Waals surface area contributed by atoms with Crippen LogP contribution in [0, 0.1) is 5.82 Å². The minimum atomic E-state index is -4.79. The van der Waals surface area contributed by atoms with Gasteiger partial charge >= 0.3 is 12.2 Å². The fourth-order valence-electron chi connectivity index (χ4n) is 4.27. The fraction of sp³-hybridized carbons (Fsp3) is 0.417. The normalized spacial score (nSPS) is 21.9. The van der Waals surface area contributed by atoms with Crippen molar-refractivity contribution in [2.24, 2.45) is 0 Å². The molecule has 2 amide bonds. The molecule has 182 valence electrons. The van der Waals surface area contributed by atoms with E-state index >= 15 is 0 Å². The van der Waals surface area contributed by atoms with Gasteiger partial charge in [0, 0.05) is 12.5 Å². The van der Waals surface area contributed by atoms with Gasteiger partial charge in [0.1, 0.15) is 11.6 Å². The molecule has 0 radical (unpaired) electrons. The highest BCUT2D eigenvalue weighted by Gasteiger charge is 2.34. The van der Waals surface area contributed by atoms with Crippen molar-refractivity contribution < 1.29 is 27.5 Å². The number of urea groups is 1. The highest BCUT2D eigenvalue weighted by molar-refractivity contribution is 5.76. The third-order valence-corrected chi connectivity index (χ3v) is 6.22. The number of hydrogen-bond acceptors (Lipinski definition) is 3. The van der Waals surface area contributed by atoms with Gasteiger partial charge in [0.25, 0.3) is 0 Å². The zero-order chi connectivity index (χ0) is 24.5. The van der Waals surface area contributed by atoms with Gasteiger partial charge in [0.15, 0.2) is 0 Å². The number of halogens is 4. The zero-order valence-corrected chi connectivity index (χ0v) is 18.5. The van der Waals surface area contributed by atoms with Crippen molar-refractivity contribution in [2.75, 3.05) is 0 Å². The Bertz CT molecular complexity index is 1130. The molecule has 1 unspecified atom stereocenters. The van der Waals surface area contributed by atoms with Crippen molar-refractivity contribution >= 4 is 17.1 Å². The zero-order valence-electron chi connectivity index (χ0n) is 18.5. The summed E-state index contributed by atoms with van der Waals surface area (Å²) in [4.78, 5) is 20.4. The number of alkyl halides is 3. The summed E-state index contributed by atoms with van der Waals surface area (Å²) in [6, 6.07) is 8.65. The van der Waals surface area contributed by atoms with E-state index in [0.29, 0.717) is 43.1 Å². The van der Waals surface area contributed by atoms with Gasteiger partial charge in [0.05, 0.1) is 28.2 Å². The molecular weight excluding hydrogens is 452 g/mol. The van der Waals surface area contributed by atoms with Crippen LogP contribution < -0.4 is 10.6 Å². The number of carbonyl (C=O) groups excluding carboxylic acids is 1. The molecule has 1 saturated carbocycles. The largest absolute Gasteiger partial charge is 0.419 e. The number of carbonyl (C=O) groups is 1. The summed E-state index contributed by atoms with van der Waals surface area (Å²) in [6.45, 7) is 1.77. The van der Waals surface area contributed by atoms with Gasteiger partial charge in [-0.25, -0.2) is 14.2 Å². The Hall–Kier alpha value is -3.14. The van der Waals surface area contributed by atoms with Crippen LogP contribution in [0.5, 0.6) is 0 Å². The number of nitrogens with one attached hydrogen (secondary N) is 3. The summed E-state index contributed by atoms with van der Waals surface area (Å²) in [6.07, 6.45) is -2.38. The molecule has 1 heterocycles. The maximum atomic E-state index is 14.1. The lowest BCUT2D eigenvalue weighted by Crippen LogP contribution is -2.47. The van der Waals surface area contributed by atoms with E-state index in [1.807, 2.05) is 18.2 Å². The summed E-state index contributed by atoms with van der Waals surface area (Å²) >= 11 is 0. The van der Waals surface area contributed by atoms with Gasteiger partial charge < -0.3 is 20.7 Å². The van der Waals surface area contributed by atoms with Crippen LogP contribution in [0.3, 0.4) is 0 Å². The number of hydrogen-bond donors (Lipinski definition) is 4. The maximum absolute atomic E-state index is 14.1. The molecule has 1 fully saturated rings. The Kier molecular flexibility index (Phi) is 6.53. The van der Waals surface area contributed by atoms with E-state index in [0.717, 1.165) is 11.6 Å². The molecule has 1 aliphatic carbocycles. The number of rotatable bonds is 5. The Balaban J connectivity index is 1.54. The number of aromatic nitrogens is 2. The predicted octanol–water partition coefficient (Wildman–Crippen LogP) is 5.00. The van der Waals surface area contributed by atoms with E-state index in [1.165, 1.54) is 6.07 Å². The second-order valence-electron chi connectivity index (χ2n) is 9.10. The molecule has 1 atom stereocenters. The first-order valence-corrected chi connectivity index (χ1v) is 11.1. The number of amides is 2. The molecule has 3 aromatic rings. The van der Waals surface area contributed by atoms with Gasteiger partial charge in [-0.3, -0.25) is 0 Å². The minimum Gasteiger partial charge on any atom is -0.390 e. The molecule has 34 heavy (non-hydrogen) atoms. The van der Waals surface area contributed by atoms with E-state index in [9.17, 15) is 27.5 Å². The Morgan fingerprint density at radius 1 is 1.24 bits per heavy atom. The molecule has 4 N–H and O–H groups in total. The lowest BCUT2D eigenvalue weighted by atomic mass is 9.84. The van der Waals surface area contributed by atoms with Crippen molar-refractivity contribution in [3.63, 3.8) is 0 Å². The van der Waals surface area contributed by atoms with E-state index in [1.54, 1.807) is 13.0 Å². The van der Waals surface area contributed by atoms with Gasteiger partial charge in [-0.1, -0.05) is 18.2 Å². The van der Waals surface area contributed by atoms with E-state index in [4.69, 9.17) is 0 Å². The molecule has 0 spiro atoms. The number of imidazole rings is 1. The Labute approximate surface area is 193 Å². The number of nitrogens with zero attached hydrogens (tertiary/aromatic N) is 1. The van der Waals surface area contributed by atoms with Crippen LogP contribution in [0.2, 0.25) is 0 Å². The van der Waals surface area contributed by atoms with Crippen LogP contribution in [0.25, 0.3) is 11.0 Å². The van der Waals surface area contributed by atoms with Crippen LogP contribution in [0.1, 0.15) is 55.6 Å².